The Morgan fingerprint density at radius 1 is 1.00 bits per heavy atom. The second-order valence-electron chi connectivity index (χ2n) is 8.45. The molecule has 2 aromatic carbocycles. The molecule has 14 heteroatoms. The molecular formula is C26H28F3N3O8. The first-order valence-electron chi connectivity index (χ1n) is 12.0. The van der Waals surface area contributed by atoms with Crippen molar-refractivity contribution < 1.29 is 51.7 Å². The molecule has 0 saturated carbocycles. The highest BCUT2D eigenvalue weighted by atomic mass is 19.2. The number of hydrogen-bond acceptors (Lipinski definition) is 7. The number of halogens is 3. The smallest absolute Gasteiger partial charge is 0.313 e. The highest BCUT2D eigenvalue weighted by molar-refractivity contribution is 6.40. The Bertz CT molecular complexity index is 1290. The molecule has 0 unspecified atom stereocenters. The summed E-state index contributed by atoms with van der Waals surface area (Å²) in [4.78, 5) is 60.9. The average Bonchev–Trinajstić information content (AvgIpc) is 2.91. The van der Waals surface area contributed by atoms with Gasteiger partial charge in [0.25, 0.3) is 0 Å². The third kappa shape index (κ3) is 8.71. The number of carboxylic acid groups (broad SMARTS) is 1. The molecule has 216 valence electrons. The van der Waals surface area contributed by atoms with Crippen LogP contribution in [0.1, 0.15) is 32.3 Å². The van der Waals surface area contributed by atoms with E-state index < -0.39 is 84.2 Å². The summed E-state index contributed by atoms with van der Waals surface area (Å²) in [5.74, 6) is -10.0. The van der Waals surface area contributed by atoms with E-state index in [1.165, 1.54) is 33.1 Å². The van der Waals surface area contributed by atoms with Crippen LogP contribution in [0.5, 0.6) is 11.5 Å². The first kappa shape index (κ1) is 31.6. The lowest BCUT2D eigenvalue weighted by Crippen LogP contribution is -2.52. The van der Waals surface area contributed by atoms with Crippen LogP contribution in [0.4, 0.5) is 18.9 Å². The second-order valence-corrected chi connectivity index (χ2v) is 8.45. The van der Waals surface area contributed by atoms with Gasteiger partial charge in [-0.05, 0) is 31.9 Å². The van der Waals surface area contributed by atoms with Crippen molar-refractivity contribution in [1.29, 1.82) is 0 Å². The monoisotopic (exact) mass is 567 g/mol. The number of anilines is 1. The van der Waals surface area contributed by atoms with Gasteiger partial charge in [-0.2, -0.15) is 4.39 Å². The Labute approximate surface area is 227 Å². The van der Waals surface area contributed by atoms with Crippen LogP contribution in [0, 0.1) is 17.5 Å². The Hall–Kier alpha value is -4.62. The zero-order valence-corrected chi connectivity index (χ0v) is 21.8. The van der Waals surface area contributed by atoms with Crippen molar-refractivity contribution in [1.82, 2.24) is 10.6 Å². The highest BCUT2D eigenvalue weighted by Gasteiger charge is 2.28. The van der Waals surface area contributed by atoms with Gasteiger partial charge in [-0.25, -0.2) is 8.78 Å². The minimum Gasteiger partial charge on any atom is -0.497 e. The maximum Gasteiger partial charge on any atom is 0.313 e. The molecule has 0 heterocycles. The summed E-state index contributed by atoms with van der Waals surface area (Å²) in [5.41, 5.74) is -0.0711. The molecule has 11 nitrogen and oxygen atoms in total. The average molecular weight is 568 g/mol. The van der Waals surface area contributed by atoms with Gasteiger partial charge in [0.15, 0.2) is 17.3 Å². The fraction of sp³-hybridized carbons (Fsp3) is 0.346. The number of benzene rings is 2. The lowest BCUT2D eigenvalue weighted by atomic mass is 10.1. The second kappa shape index (κ2) is 14.5. The predicted octanol–water partition coefficient (Wildman–Crippen LogP) is 2.12. The Balaban J connectivity index is 2.06. The fourth-order valence-electron chi connectivity index (χ4n) is 3.43. The number of rotatable bonds is 13. The number of aliphatic carboxylic acids is 1. The number of amides is 3. The van der Waals surface area contributed by atoms with E-state index in [2.05, 4.69) is 16.0 Å². The first-order valence-corrected chi connectivity index (χ1v) is 12.0. The molecule has 0 aliphatic carbocycles. The molecule has 0 radical (unpaired) electrons. The van der Waals surface area contributed by atoms with E-state index in [0.29, 0.717) is 11.8 Å². The number of methoxy groups -OCH3 is 1. The molecule has 3 amide bonds. The SMILES string of the molecule is CCc1c(F)cc(F)c(F)c1OCC(=O)[C@H](CCC(=O)O)NC(=O)[C@H](C)NC(=O)C(=O)Nc1cccc(OC)c1. The molecule has 0 fully saturated rings. The molecule has 0 bridgehead atoms. The van der Waals surface area contributed by atoms with Gasteiger partial charge < -0.3 is 30.5 Å². The Kier molecular flexibility index (Phi) is 11.5. The molecule has 2 rings (SSSR count). The van der Waals surface area contributed by atoms with Gasteiger partial charge in [0.1, 0.15) is 24.2 Å². The summed E-state index contributed by atoms with van der Waals surface area (Å²) in [7, 11) is 1.41. The van der Waals surface area contributed by atoms with Crippen molar-refractivity contribution >= 4 is 35.2 Å². The molecule has 2 atom stereocenters. The molecule has 0 aliphatic heterocycles. The minimum absolute atomic E-state index is 0.0889. The van der Waals surface area contributed by atoms with Crippen LogP contribution in [-0.2, 0) is 30.4 Å². The van der Waals surface area contributed by atoms with Crippen LogP contribution >= 0.6 is 0 Å². The summed E-state index contributed by atoms with van der Waals surface area (Å²) in [6.07, 6.45) is -1.07. The minimum atomic E-state index is -1.53. The van der Waals surface area contributed by atoms with Crippen LogP contribution in [0.25, 0.3) is 0 Å². The Morgan fingerprint density at radius 3 is 2.33 bits per heavy atom. The van der Waals surface area contributed by atoms with Gasteiger partial charge in [0.05, 0.1) is 13.2 Å². The lowest BCUT2D eigenvalue weighted by Gasteiger charge is -2.21. The van der Waals surface area contributed by atoms with Crippen molar-refractivity contribution in [3.05, 3.63) is 53.3 Å². The summed E-state index contributed by atoms with van der Waals surface area (Å²) < 4.78 is 51.9. The molecule has 0 spiro atoms. The third-order valence-corrected chi connectivity index (χ3v) is 5.56. The number of carbonyl (C=O) groups is 5. The van der Waals surface area contributed by atoms with Crippen molar-refractivity contribution in [3.63, 3.8) is 0 Å². The van der Waals surface area contributed by atoms with E-state index in [-0.39, 0.29) is 17.7 Å². The van der Waals surface area contributed by atoms with Crippen LogP contribution < -0.4 is 25.4 Å². The van der Waals surface area contributed by atoms with E-state index in [1.54, 1.807) is 12.1 Å². The van der Waals surface area contributed by atoms with E-state index >= 15 is 0 Å². The Morgan fingerprint density at radius 2 is 1.70 bits per heavy atom. The third-order valence-electron chi connectivity index (χ3n) is 5.56. The van der Waals surface area contributed by atoms with E-state index in [0.717, 1.165) is 0 Å². The molecule has 40 heavy (non-hydrogen) atoms. The van der Waals surface area contributed by atoms with Crippen LogP contribution in [0.2, 0.25) is 0 Å². The predicted molar refractivity (Wildman–Crippen MR) is 134 cm³/mol. The quantitative estimate of drug-likeness (QED) is 0.212. The zero-order chi connectivity index (χ0) is 30.0. The molecule has 0 aliphatic rings. The molecule has 0 saturated heterocycles. The maximum absolute atomic E-state index is 14.2. The molecular weight excluding hydrogens is 539 g/mol. The number of Topliss-reactive ketones (excluding diaryl/α,β-unsaturated/α-hetero) is 1. The van der Waals surface area contributed by atoms with Gasteiger partial charge in [-0.15, -0.1) is 0 Å². The fourth-order valence-corrected chi connectivity index (χ4v) is 3.43. The number of carbonyl (C=O) groups excluding carboxylic acids is 4. The first-order chi connectivity index (χ1) is 18.9. The van der Waals surface area contributed by atoms with Gasteiger partial charge in [-0.3, -0.25) is 24.0 Å². The number of carboxylic acids is 1. The van der Waals surface area contributed by atoms with Crippen molar-refractivity contribution in [2.75, 3.05) is 19.0 Å². The van der Waals surface area contributed by atoms with Gasteiger partial charge in [0.2, 0.25) is 11.7 Å². The van der Waals surface area contributed by atoms with E-state index in [4.69, 9.17) is 14.6 Å². The van der Waals surface area contributed by atoms with Crippen LogP contribution in [0.15, 0.2) is 30.3 Å². The standard InChI is InChI=1S/C26H28F3N3O8/c1-4-16-17(27)11-18(28)22(29)23(16)40-12-20(33)19(8-9-21(34)35)32-24(36)13(2)30-25(37)26(38)31-14-6-5-7-15(10-14)39-3/h5-7,10-11,13,19H,4,8-9,12H2,1-3H3,(H,30,37)(H,31,38)(H,32,36)(H,34,35)/t13-,19-/m0/s1. The highest BCUT2D eigenvalue weighted by Crippen LogP contribution is 2.28. The van der Waals surface area contributed by atoms with Crippen LogP contribution in [0.3, 0.4) is 0 Å². The number of ether oxygens (including phenoxy) is 2. The number of hydrogen-bond donors (Lipinski definition) is 4. The maximum atomic E-state index is 14.2. The topological polar surface area (TPSA) is 160 Å². The molecule has 2 aromatic rings. The van der Waals surface area contributed by atoms with Crippen molar-refractivity contribution in [3.8, 4) is 11.5 Å². The number of ketones is 1. The summed E-state index contributed by atoms with van der Waals surface area (Å²) >= 11 is 0. The van der Waals surface area contributed by atoms with Gasteiger partial charge in [-0.1, -0.05) is 13.0 Å². The van der Waals surface area contributed by atoms with E-state index in [1.807, 2.05) is 0 Å². The zero-order valence-electron chi connectivity index (χ0n) is 21.8. The van der Waals surface area contributed by atoms with Crippen molar-refractivity contribution in [2.45, 2.75) is 45.2 Å². The lowest BCUT2D eigenvalue weighted by molar-refractivity contribution is -0.139. The van der Waals surface area contributed by atoms with Gasteiger partial charge in [0, 0.05) is 29.8 Å². The summed E-state index contributed by atoms with van der Waals surface area (Å²) in [6, 6.07) is 3.64. The van der Waals surface area contributed by atoms with Crippen LogP contribution in [-0.4, -0.2) is 60.4 Å². The van der Waals surface area contributed by atoms with Gasteiger partial charge >= 0.3 is 17.8 Å². The summed E-state index contributed by atoms with van der Waals surface area (Å²) in [6.45, 7) is 1.70. The number of nitrogens with one attached hydrogen (secondary N) is 3. The largest absolute Gasteiger partial charge is 0.497 e. The van der Waals surface area contributed by atoms with E-state index in [9.17, 15) is 37.1 Å². The van der Waals surface area contributed by atoms with Crippen molar-refractivity contribution in [2.24, 2.45) is 0 Å². The molecule has 0 aromatic heterocycles. The summed E-state index contributed by atoms with van der Waals surface area (Å²) in [5, 5.41) is 15.7. The molecule has 4 N–H and O–H groups in total. The normalized spacial score (nSPS) is 12.1.